The predicted octanol–water partition coefficient (Wildman–Crippen LogP) is 4.14. The summed E-state index contributed by atoms with van der Waals surface area (Å²) in [5, 5.41) is 17.4. The van der Waals surface area contributed by atoms with Crippen LogP contribution in [-0.2, 0) is 0 Å². The fourth-order valence-electron chi connectivity index (χ4n) is 4.15. The Morgan fingerprint density at radius 3 is 2.76 bits per heavy atom. The van der Waals surface area contributed by atoms with E-state index in [1.54, 1.807) is 12.1 Å². The fourth-order valence-corrected chi connectivity index (χ4v) is 4.39. The highest BCUT2D eigenvalue weighted by atomic mass is 35.5. The van der Waals surface area contributed by atoms with Gasteiger partial charge in [0.25, 0.3) is 11.5 Å². The maximum Gasteiger partial charge on any atom is 0.267 e. The van der Waals surface area contributed by atoms with Gasteiger partial charge in [0.15, 0.2) is 5.82 Å². The number of rotatable bonds is 9. The first kappa shape index (κ1) is 26.3. The van der Waals surface area contributed by atoms with Gasteiger partial charge < -0.3 is 21.3 Å². The van der Waals surface area contributed by atoms with Crippen LogP contribution in [0.4, 0.5) is 23.3 Å². The van der Waals surface area contributed by atoms with Crippen molar-refractivity contribution in [3.8, 4) is 0 Å². The molecule has 3 aromatic rings. The van der Waals surface area contributed by atoms with Gasteiger partial charge in [-0.25, -0.2) is 9.67 Å². The highest BCUT2D eigenvalue weighted by Gasteiger charge is 2.18. The van der Waals surface area contributed by atoms with Crippen molar-refractivity contribution in [2.24, 2.45) is 0 Å². The molecule has 0 bridgehead atoms. The van der Waals surface area contributed by atoms with Gasteiger partial charge in [-0.05, 0) is 75.5 Å². The van der Waals surface area contributed by atoms with Crippen molar-refractivity contribution in [2.45, 2.75) is 38.6 Å². The van der Waals surface area contributed by atoms with E-state index in [-0.39, 0.29) is 41.4 Å². The van der Waals surface area contributed by atoms with Crippen LogP contribution in [0.15, 0.2) is 54.0 Å². The number of nitrogens with one attached hydrogen (secondary N) is 4. The van der Waals surface area contributed by atoms with Crippen LogP contribution in [0.3, 0.4) is 0 Å². The van der Waals surface area contributed by atoms with Gasteiger partial charge >= 0.3 is 0 Å². The summed E-state index contributed by atoms with van der Waals surface area (Å²) in [5.74, 6) is 0.936. The molecule has 0 unspecified atom stereocenters. The Bertz CT molecular complexity index is 1330. The topological polar surface area (TPSA) is 126 Å². The molecule has 0 aliphatic carbocycles. The predicted molar refractivity (Wildman–Crippen MR) is 146 cm³/mol. The van der Waals surface area contributed by atoms with Gasteiger partial charge in [0, 0.05) is 29.5 Å². The largest absolute Gasteiger partial charge is 0.348 e. The third-order valence-corrected chi connectivity index (χ3v) is 6.21. The summed E-state index contributed by atoms with van der Waals surface area (Å²) in [5.41, 5.74) is 1.91. The number of anilines is 4. The molecule has 2 aromatic heterocycles. The number of piperidine rings is 1. The number of carbonyl (C=O) groups excluding carboxylic acids is 1. The number of amides is 1. The summed E-state index contributed by atoms with van der Waals surface area (Å²) >= 11 is 6.44. The molecule has 1 fully saturated rings. The number of hydrogen-bond acceptors (Lipinski definition) is 8. The molecule has 1 aliphatic rings. The average molecular weight is 523 g/mol. The van der Waals surface area contributed by atoms with E-state index in [1.165, 1.54) is 16.9 Å². The molecule has 1 amide bonds. The molecular weight excluding hydrogens is 492 g/mol. The van der Waals surface area contributed by atoms with E-state index in [2.05, 4.69) is 49.0 Å². The molecule has 11 heteroatoms. The van der Waals surface area contributed by atoms with Crippen LogP contribution in [0.1, 0.15) is 54.6 Å². The Hall–Kier alpha value is -3.76. The zero-order chi connectivity index (χ0) is 26.4. The molecule has 1 aliphatic heterocycles. The molecule has 4 rings (SSSR count). The molecule has 0 radical (unpaired) electrons. The van der Waals surface area contributed by atoms with E-state index in [0.717, 1.165) is 37.2 Å². The van der Waals surface area contributed by atoms with Crippen LogP contribution in [0, 0.1) is 0 Å². The normalized spacial score (nSPS) is 13.8. The van der Waals surface area contributed by atoms with Crippen molar-refractivity contribution < 1.29 is 4.79 Å². The zero-order valence-corrected chi connectivity index (χ0v) is 21.7. The van der Waals surface area contributed by atoms with Crippen LogP contribution in [0.5, 0.6) is 0 Å². The number of hydrogen-bond donors (Lipinski definition) is 4. The van der Waals surface area contributed by atoms with E-state index in [4.69, 9.17) is 11.6 Å². The molecule has 37 heavy (non-hydrogen) atoms. The molecule has 0 saturated carbocycles. The average Bonchev–Trinajstić information content (AvgIpc) is 2.88. The quantitative estimate of drug-likeness (QED) is 0.309. The van der Waals surface area contributed by atoms with Crippen LogP contribution < -0.4 is 26.8 Å². The summed E-state index contributed by atoms with van der Waals surface area (Å²) in [4.78, 5) is 33.8. The van der Waals surface area contributed by atoms with Crippen LogP contribution in [0.25, 0.3) is 0 Å². The third kappa shape index (κ3) is 6.72. The molecule has 10 nitrogen and oxygen atoms in total. The Morgan fingerprint density at radius 2 is 2.03 bits per heavy atom. The van der Waals surface area contributed by atoms with Crippen molar-refractivity contribution >= 4 is 40.8 Å². The van der Waals surface area contributed by atoms with E-state index in [9.17, 15) is 9.59 Å². The van der Waals surface area contributed by atoms with Gasteiger partial charge in [0.2, 0.25) is 5.95 Å². The molecule has 4 N–H and O–H groups in total. The van der Waals surface area contributed by atoms with Crippen LogP contribution in [-0.4, -0.2) is 45.3 Å². The lowest BCUT2D eigenvalue weighted by atomic mass is 9.90. The Balaban J connectivity index is 1.65. The van der Waals surface area contributed by atoms with Crippen LogP contribution in [0.2, 0.25) is 5.02 Å². The Labute approximate surface area is 220 Å². The first-order valence-corrected chi connectivity index (χ1v) is 12.6. The fraction of sp³-hybridized carbons (Fsp3) is 0.346. The second kappa shape index (κ2) is 12.0. The Kier molecular flexibility index (Phi) is 8.52. The molecule has 1 saturated heterocycles. The first-order valence-electron chi connectivity index (χ1n) is 12.3. The summed E-state index contributed by atoms with van der Waals surface area (Å²) in [6.45, 7) is 9.60. The highest BCUT2D eigenvalue weighted by Crippen LogP contribution is 2.31. The van der Waals surface area contributed by atoms with Gasteiger partial charge in [-0.15, -0.1) is 6.58 Å². The second-order valence-corrected chi connectivity index (χ2v) is 9.53. The number of benzene rings is 1. The molecule has 3 heterocycles. The second-order valence-electron chi connectivity index (χ2n) is 9.10. The van der Waals surface area contributed by atoms with Gasteiger partial charge in [0.05, 0.1) is 6.04 Å². The lowest BCUT2D eigenvalue weighted by molar-refractivity contribution is 0.0958. The summed E-state index contributed by atoms with van der Waals surface area (Å²) in [6.07, 6.45) is 5.11. The van der Waals surface area contributed by atoms with Crippen LogP contribution >= 0.6 is 11.6 Å². The van der Waals surface area contributed by atoms with E-state index in [0.29, 0.717) is 16.8 Å². The third-order valence-electron chi connectivity index (χ3n) is 5.99. The minimum atomic E-state index is -0.373. The minimum absolute atomic E-state index is 0.135. The highest BCUT2D eigenvalue weighted by molar-refractivity contribution is 6.31. The lowest BCUT2D eigenvalue weighted by Crippen LogP contribution is -2.26. The van der Waals surface area contributed by atoms with Gasteiger partial charge in [0.1, 0.15) is 11.4 Å². The number of nitrogens with zero attached hydrogens (tertiary/aromatic N) is 4. The SMILES string of the molecule is C=CCNC(=O)c1cnc(Nc2cc(Cl)cc(C3CCNCC3)c2)nc1Nc1ccc(=O)n(C(C)C)n1. The van der Waals surface area contributed by atoms with Gasteiger partial charge in [-0.2, -0.15) is 10.1 Å². The number of aromatic nitrogens is 4. The molecule has 0 atom stereocenters. The summed E-state index contributed by atoms with van der Waals surface area (Å²) in [7, 11) is 0. The Morgan fingerprint density at radius 1 is 1.24 bits per heavy atom. The standard InChI is InChI=1S/C26H31ClN8O2/c1-4-9-29-25(37)21-15-30-26(33-24(21)32-22-5-6-23(36)35(34-22)16(2)3)31-20-13-18(12-19(27)14-20)17-7-10-28-11-8-17/h4-6,12-17,28H,1,7-11H2,2-3H3,(H,29,37)(H2,30,31,32,33,34). The van der Waals surface area contributed by atoms with Crippen molar-refractivity contribution in [1.82, 2.24) is 30.4 Å². The smallest absolute Gasteiger partial charge is 0.267 e. The zero-order valence-electron chi connectivity index (χ0n) is 20.9. The monoisotopic (exact) mass is 522 g/mol. The van der Waals surface area contributed by atoms with Gasteiger partial charge in [-0.3, -0.25) is 9.59 Å². The van der Waals surface area contributed by atoms with Crippen molar-refractivity contribution in [1.29, 1.82) is 0 Å². The minimum Gasteiger partial charge on any atom is -0.348 e. The molecular formula is C26H31ClN8O2. The number of carbonyl (C=O) groups is 1. The van der Waals surface area contributed by atoms with Crippen molar-refractivity contribution in [3.05, 3.63) is 75.7 Å². The van der Waals surface area contributed by atoms with E-state index in [1.807, 2.05) is 26.0 Å². The molecule has 0 spiro atoms. The first-order chi connectivity index (χ1) is 17.8. The van der Waals surface area contributed by atoms with Crippen molar-refractivity contribution in [2.75, 3.05) is 30.3 Å². The summed E-state index contributed by atoms with van der Waals surface area (Å²) in [6, 6.07) is 8.70. The van der Waals surface area contributed by atoms with Gasteiger partial charge in [-0.1, -0.05) is 17.7 Å². The molecule has 1 aromatic carbocycles. The maximum atomic E-state index is 12.8. The maximum absolute atomic E-state index is 12.8. The summed E-state index contributed by atoms with van der Waals surface area (Å²) < 4.78 is 1.36. The van der Waals surface area contributed by atoms with E-state index < -0.39 is 0 Å². The van der Waals surface area contributed by atoms with Crippen molar-refractivity contribution in [3.63, 3.8) is 0 Å². The van der Waals surface area contributed by atoms with E-state index >= 15 is 0 Å². The number of halogens is 1. The lowest BCUT2D eigenvalue weighted by Gasteiger charge is -2.23. The molecule has 194 valence electrons.